The quantitative estimate of drug-likeness (QED) is 0.226. The van der Waals surface area contributed by atoms with Crippen LogP contribution in [0.4, 0.5) is 10.3 Å². The van der Waals surface area contributed by atoms with Gasteiger partial charge in [-0.3, -0.25) is 0 Å². The van der Waals surface area contributed by atoms with Crippen LogP contribution in [-0.4, -0.2) is 44.6 Å². The molecule has 1 aliphatic carbocycles. The average Bonchev–Trinajstić information content (AvgIpc) is 3.42. The Morgan fingerprint density at radius 2 is 1.73 bits per heavy atom. The predicted octanol–water partition coefficient (Wildman–Crippen LogP) is 7.13. The normalized spacial score (nSPS) is 21.9. The highest BCUT2D eigenvalue weighted by molar-refractivity contribution is 6.39. The maximum absolute atomic E-state index is 14.8. The van der Waals surface area contributed by atoms with Crippen molar-refractivity contribution in [1.82, 2.24) is 15.3 Å². The number of piperidine rings is 1. The third-order valence-electron chi connectivity index (χ3n) is 8.23. The van der Waals surface area contributed by atoms with E-state index in [1.807, 2.05) is 0 Å². The molecule has 7 rings (SSSR count). The zero-order valence-electron chi connectivity index (χ0n) is 21.7. The van der Waals surface area contributed by atoms with Crippen LogP contribution in [0, 0.1) is 5.82 Å². The van der Waals surface area contributed by atoms with Crippen LogP contribution in [0.2, 0.25) is 10.0 Å². The summed E-state index contributed by atoms with van der Waals surface area (Å²) in [6.45, 7) is 0.335. The van der Waals surface area contributed by atoms with E-state index in [4.69, 9.17) is 37.0 Å². The van der Waals surface area contributed by atoms with E-state index in [0.29, 0.717) is 39.8 Å². The highest BCUT2D eigenvalue weighted by atomic mass is 35.5. The van der Waals surface area contributed by atoms with Gasteiger partial charge in [-0.05, 0) is 67.9 Å². The summed E-state index contributed by atoms with van der Waals surface area (Å²) in [5.74, 6) is -0.762. The number of carboxylic acids is 1. The number of rotatable bonds is 8. The van der Waals surface area contributed by atoms with Crippen molar-refractivity contribution in [1.29, 1.82) is 0 Å². The number of anilines is 1. The van der Waals surface area contributed by atoms with Crippen molar-refractivity contribution in [3.05, 3.63) is 69.1 Å². The van der Waals surface area contributed by atoms with Crippen LogP contribution in [0.1, 0.15) is 66.1 Å². The summed E-state index contributed by atoms with van der Waals surface area (Å²) >= 11 is 13.0. The van der Waals surface area contributed by atoms with Gasteiger partial charge in [-0.25, -0.2) is 9.18 Å². The van der Waals surface area contributed by atoms with Crippen molar-refractivity contribution in [3.8, 4) is 22.7 Å². The molecule has 2 saturated heterocycles. The Balaban J connectivity index is 1.08. The van der Waals surface area contributed by atoms with Crippen LogP contribution in [-0.2, 0) is 11.3 Å². The van der Waals surface area contributed by atoms with E-state index < -0.39 is 17.3 Å². The molecule has 212 valence electrons. The van der Waals surface area contributed by atoms with Gasteiger partial charge in [-0.1, -0.05) is 40.5 Å². The van der Waals surface area contributed by atoms with Crippen LogP contribution in [0.3, 0.4) is 0 Å². The lowest BCUT2D eigenvalue weighted by molar-refractivity contribution is 0.0144. The van der Waals surface area contributed by atoms with Gasteiger partial charge in [0.25, 0.3) is 11.8 Å². The number of halogens is 3. The van der Waals surface area contributed by atoms with E-state index in [1.165, 1.54) is 18.2 Å². The molecule has 1 unspecified atom stereocenters. The monoisotopic (exact) mass is 598 g/mol. The lowest BCUT2D eigenvalue weighted by Gasteiger charge is -2.37. The maximum atomic E-state index is 14.8. The van der Waals surface area contributed by atoms with Crippen molar-refractivity contribution in [2.24, 2.45) is 0 Å². The minimum atomic E-state index is -1.36. The second kappa shape index (κ2) is 10.4. The van der Waals surface area contributed by atoms with Crippen LogP contribution in [0.5, 0.6) is 0 Å². The van der Waals surface area contributed by atoms with Gasteiger partial charge in [0.1, 0.15) is 17.3 Å². The third-order valence-corrected chi connectivity index (χ3v) is 8.86. The second-order valence-corrected chi connectivity index (χ2v) is 11.6. The number of hydrogen-bond donors (Lipinski definition) is 1. The second-order valence-electron chi connectivity index (χ2n) is 10.8. The van der Waals surface area contributed by atoms with E-state index in [0.717, 1.165) is 49.8 Å². The van der Waals surface area contributed by atoms with Crippen molar-refractivity contribution in [2.75, 3.05) is 4.90 Å². The Kier molecular flexibility index (Phi) is 6.72. The number of carbonyl (C=O) groups is 1. The summed E-state index contributed by atoms with van der Waals surface area (Å²) < 4.78 is 32.4. The largest absolute Gasteiger partial charge is 0.478 e. The lowest BCUT2D eigenvalue weighted by Crippen LogP contribution is -2.46. The molecule has 2 aromatic carbocycles. The molecule has 41 heavy (non-hydrogen) atoms. The molecule has 1 saturated carbocycles. The van der Waals surface area contributed by atoms with Crippen molar-refractivity contribution >= 4 is 35.1 Å². The zero-order valence-corrected chi connectivity index (χ0v) is 23.2. The SMILES string of the molecule is O=C(O)c1cccc(-c2nc(N3[C@@H]4CC[C@H]3CC(OCc3c(-c5c(Cl)cccc5Cl)noc3C3CC3)C4)no2)c1F. The fourth-order valence-corrected chi connectivity index (χ4v) is 6.71. The molecule has 1 N–H and O–H groups in total. The number of aromatic nitrogens is 3. The summed E-state index contributed by atoms with van der Waals surface area (Å²) in [5, 5.41) is 18.7. The van der Waals surface area contributed by atoms with Gasteiger partial charge in [0.15, 0.2) is 0 Å². The van der Waals surface area contributed by atoms with Crippen LogP contribution in [0.25, 0.3) is 22.7 Å². The van der Waals surface area contributed by atoms with Crippen LogP contribution < -0.4 is 4.90 Å². The Hall–Kier alpha value is -3.47. The average molecular weight is 599 g/mol. The van der Waals surface area contributed by atoms with Gasteiger partial charge >= 0.3 is 5.97 Å². The Labute approximate surface area is 244 Å². The molecule has 3 atom stereocenters. The zero-order chi connectivity index (χ0) is 28.2. The third kappa shape index (κ3) is 4.77. The fourth-order valence-electron chi connectivity index (χ4n) is 6.13. The molecule has 2 bridgehead atoms. The molecule has 0 spiro atoms. The standard InChI is InChI=1S/C29H25Cl2FN4O5/c30-21-5-2-6-22(31)23(21)25-20(26(40-34-25)14-7-8-14)13-39-17-11-15-9-10-16(12-17)36(15)29-33-27(41-35-29)18-3-1-4-19(24(18)32)28(37)38/h1-6,14-17H,7-13H2,(H,37,38)/t15-,16+,17?. The minimum absolute atomic E-state index is 0.00339. The lowest BCUT2D eigenvalue weighted by atomic mass is 9.99. The first kappa shape index (κ1) is 26.4. The topological polar surface area (TPSA) is 115 Å². The molecule has 2 aliphatic heterocycles. The van der Waals surface area contributed by atoms with Gasteiger partial charge < -0.3 is 23.8 Å². The molecular formula is C29H25Cl2FN4O5. The van der Waals surface area contributed by atoms with Gasteiger partial charge in [-0.15, -0.1) is 0 Å². The molecule has 12 heteroatoms. The van der Waals surface area contributed by atoms with Crippen LogP contribution >= 0.6 is 23.2 Å². The van der Waals surface area contributed by atoms with E-state index in [-0.39, 0.29) is 29.6 Å². The molecular weight excluding hydrogens is 574 g/mol. The summed E-state index contributed by atoms with van der Waals surface area (Å²) in [6.07, 6.45) is 5.51. The summed E-state index contributed by atoms with van der Waals surface area (Å²) in [6, 6.07) is 9.70. The Morgan fingerprint density at radius 3 is 2.41 bits per heavy atom. The summed E-state index contributed by atoms with van der Waals surface area (Å²) in [4.78, 5) is 17.9. The van der Waals surface area contributed by atoms with Crippen molar-refractivity contribution < 1.29 is 28.1 Å². The predicted molar refractivity (Wildman–Crippen MR) is 148 cm³/mol. The molecule has 2 aromatic heterocycles. The van der Waals surface area contributed by atoms with E-state index >= 15 is 0 Å². The van der Waals surface area contributed by atoms with Gasteiger partial charge in [0.2, 0.25) is 0 Å². The molecule has 0 radical (unpaired) electrons. The van der Waals surface area contributed by atoms with Crippen LogP contribution in [0.15, 0.2) is 45.4 Å². The van der Waals surface area contributed by atoms with E-state index in [1.54, 1.807) is 18.2 Å². The van der Waals surface area contributed by atoms with E-state index in [9.17, 15) is 14.3 Å². The molecule has 9 nitrogen and oxygen atoms in total. The summed E-state index contributed by atoms with van der Waals surface area (Å²) in [7, 11) is 0. The first-order chi connectivity index (χ1) is 19.9. The number of ether oxygens (including phenoxy) is 1. The highest BCUT2D eigenvalue weighted by Crippen LogP contribution is 2.47. The summed E-state index contributed by atoms with van der Waals surface area (Å²) in [5.41, 5.74) is 1.69. The number of carboxylic acid groups (broad SMARTS) is 1. The van der Waals surface area contributed by atoms with Gasteiger partial charge in [0, 0.05) is 29.1 Å². The number of nitrogens with zero attached hydrogens (tertiary/aromatic N) is 4. The highest BCUT2D eigenvalue weighted by Gasteiger charge is 2.44. The maximum Gasteiger partial charge on any atom is 0.338 e. The number of hydrogen-bond acceptors (Lipinski definition) is 8. The molecule has 3 aliphatic rings. The molecule has 4 aromatic rings. The molecule has 0 amide bonds. The molecule has 4 heterocycles. The number of fused-ring (bicyclic) bond motifs is 2. The van der Waals surface area contributed by atoms with Crippen molar-refractivity contribution in [3.63, 3.8) is 0 Å². The van der Waals surface area contributed by atoms with Crippen molar-refractivity contribution in [2.45, 2.75) is 69.2 Å². The number of benzene rings is 2. The minimum Gasteiger partial charge on any atom is -0.478 e. The van der Waals surface area contributed by atoms with Gasteiger partial charge in [0.05, 0.1) is 33.9 Å². The first-order valence-corrected chi connectivity index (χ1v) is 14.3. The fraction of sp³-hybridized carbons (Fsp3) is 0.379. The smallest absolute Gasteiger partial charge is 0.338 e. The Morgan fingerprint density at radius 1 is 1.02 bits per heavy atom. The van der Waals surface area contributed by atoms with Gasteiger partial charge in [-0.2, -0.15) is 4.98 Å². The first-order valence-electron chi connectivity index (χ1n) is 13.6. The molecule has 3 fully saturated rings. The van der Waals surface area contributed by atoms with E-state index in [2.05, 4.69) is 20.2 Å². The number of aromatic carboxylic acids is 1. The Bertz CT molecular complexity index is 1600.